The van der Waals surface area contributed by atoms with E-state index >= 15 is 0 Å². The van der Waals surface area contributed by atoms with Gasteiger partial charge in [0.2, 0.25) is 11.8 Å². The number of hydrogen-bond donors (Lipinski definition) is 1. The fourth-order valence-corrected chi connectivity index (χ4v) is 6.21. The number of phenols is 1. The molecule has 4 atom stereocenters. The number of phenolic OH excluding ortho intramolecular Hbond substituents is 1. The maximum absolute atomic E-state index is 13.0. The van der Waals surface area contributed by atoms with E-state index in [2.05, 4.69) is 13.0 Å². The first-order valence-electron chi connectivity index (χ1n) is 13.3. The fourth-order valence-electron chi connectivity index (χ4n) is 6.21. The number of imide groups is 1. The van der Waals surface area contributed by atoms with Gasteiger partial charge in [-0.2, -0.15) is 0 Å². The minimum absolute atomic E-state index is 0.0794. The Morgan fingerprint density at radius 2 is 1.89 bits per heavy atom. The summed E-state index contributed by atoms with van der Waals surface area (Å²) in [6.45, 7) is 3.02. The van der Waals surface area contributed by atoms with Crippen LogP contribution in [0.3, 0.4) is 0 Å². The number of ether oxygens (including phenoxy) is 2. The van der Waals surface area contributed by atoms with E-state index in [4.69, 9.17) is 9.47 Å². The summed E-state index contributed by atoms with van der Waals surface area (Å²) in [6.07, 6.45) is 6.27. The topological polar surface area (TPSA) is 76.1 Å². The van der Waals surface area contributed by atoms with Crippen molar-refractivity contribution in [3.8, 4) is 11.5 Å². The highest BCUT2D eigenvalue weighted by atomic mass is 16.5. The molecule has 0 bridgehead atoms. The number of aromatic hydroxyl groups is 1. The van der Waals surface area contributed by atoms with Crippen LogP contribution in [0.1, 0.15) is 44.6 Å². The largest absolute Gasteiger partial charge is 0.508 e. The number of likely N-dealkylation sites (tertiary alicyclic amines) is 1. The van der Waals surface area contributed by atoms with Crippen molar-refractivity contribution in [2.75, 3.05) is 20.3 Å². The highest BCUT2D eigenvalue weighted by molar-refractivity contribution is 6.05. The van der Waals surface area contributed by atoms with Crippen LogP contribution >= 0.6 is 0 Å². The maximum atomic E-state index is 13.0. The molecule has 0 saturated carbocycles. The molecule has 1 N–H and O–H groups in total. The molecule has 0 aromatic heterocycles. The van der Waals surface area contributed by atoms with Crippen molar-refractivity contribution in [2.24, 2.45) is 17.8 Å². The van der Waals surface area contributed by atoms with Crippen LogP contribution in [-0.4, -0.2) is 48.2 Å². The minimum Gasteiger partial charge on any atom is -0.508 e. The van der Waals surface area contributed by atoms with E-state index in [0.29, 0.717) is 19.6 Å². The average molecular weight is 502 g/mol. The van der Waals surface area contributed by atoms with Gasteiger partial charge in [0.05, 0.1) is 24.5 Å². The van der Waals surface area contributed by atoms with Gasteiger partial charge in [-0.3, -0.25) is 14.5 Å². The first-order valence-corrected chi connectivity index (χ1v) is 13.3. The summed E-state index contributed by atoms with van der Waals surface area (Å²) >= 11 is 0. The summed E-state index contributed by atoms with van der Waals surface area (Å²) in [5, 5.41) is 9.86. The summed E-state index contributed by atoms with van der Waals surface area (Å²) in [7, 11) is 1.60. The molecule has 2 saturated heterocycles. The normalized spacial score (nSPS) is 25.5. The summed E-state index contributed by atoms with van der Waals surface area (Å²) in [4.78, 5) is 27.2. The Hall–Kier alpha value is -3.38. The molecule has 194 valence electrons. The molecule has 3 aliphatic rings. The molecule has 2 heterocycles. The smallest absolute Gasteiger partial charge is 0.233 e. The lowest BCUT2D eigenvalue weighted by Crippen LogP contribution is -2.35. The SMILES string of the molecule is CCC/C(=C\c1cccc(O)c1)CC[C@H]1OC[C@H]2C1=C(COc1ccccc1)C[C@H]1C(=O)N(C)C(=O)[C@H]12. The van der Waals surface area contributed by atoms with Gasteiger partial charge in [-0.25, -0.2) is 0 Å². The third-order valence-electron chi connectivity index (χ3n) is 7.92. The molecule has 5 rings (SSSR count). The Kier molecular flexibility index (Phi) is 7.47. The van der Waals surface area contributed by atoms with E-state index < -0.39 is 0 Å². The van der Waals surface area contributed by atoms with Gasteiger partial charge in [-0.15, -0.1) is 0 Å². The van der Waals surface area contributed by atoms with Gasteiger partial charge >= 0.3 is 0 Å². The van der Waals surface area contributed by atoms with Crippen molar-refractivity contribution in [1.29, 1.82) is 0 Å². The summed E-state index contributed by atoms with van der Waals surface area (Å²) in [5.41, 5.74) is 4.57. The third-order valence-corrected chi connectivity index (χ3v) is 7.92. The van der Waals surface area contributed by atoms with E-state index in [1.54, 1.807) is 19.2 Å². The van der Waals surface area contributed by atoms with Gasteiger partial charge < -0.3 is 14.6 Å². The molecule has 0 spiro atoms. The van der Waals surface area contributed by atoms with Crippen molar-refractivity contribution >= 4 is 17.9 Å². The van der Waals surface area contributed by atoms with Gasteiger partial charge in [0.1, 0.15) is 18.1 Å². The van der Waals surface area contributed by atoms with E-state index in [-0.39, 0.29) is 41.4 Å². The van der Waals surface area contributed by atoms with Gasteiger partial charge in [-0.1, -0.05) is 55.3 Å². The second-order valence-corrected chi connectivity index (χ2v) is 10.3. The molecule has 0 unspecified atom stereocenters. The van der Waals surface area contributed by atoms with Gasteiger partial charge in [0.15, 0.2) is 0 Å². The quantitative estimate of drug-likeness (QED) is 0.369. The van der Waals surface area contributed by atoms with E-state index in [9.17, 15) is 14.7 Å². The second kappa shape index (κ2) is 10.9. The van der Waals surface area contributed by atoms with Crippen LogP contribution in [0.15, 0.2) is 71.3 Å². The Bertz CT molecular complexity index is 1220. The number of rotatable bonds is 9. The van der Waals surface area contributed by atoms with Crippen LogP contribution in [0.25, 0.3) is 6.08 Å². The fraction of sp³-hybridized carbons (Fsp3) is 0.419. The lowest BCUT2D eigenvalue weighted by molar-refractivity contribution is -0.138. The molecule has 6 heteroatoms. The molecule has 2 fully saturated rings. The van der Waals surface area contributed by atoms with Crippen LogP contribution in [0.4, 0.5) is 0 Å². The first kappa shape index (κ1) is 25.3. The molecule has 2 amide bonds. The van der Waals surface area contributed by atoms with Crippen LogP contribution in [0, 0.1) is 17.8 Å². The van der Waals surface area contributed by atoms with Crippen LogP contribution in [0.5, 0.6) is 11.5 Å². The van der Waals surface area contributed by atoms with Crippen molar-refractivity contribution in [3.05, 3.63) is 76.9 Å². The molecule has 37 heavy (non-hydrogen) atoms. The Balaban J connectivity index is 1.40. The monoisotopic (exact) mass is 501 g/mol. The zero-order chi connectivity index (χ0) is 25.9. The molecular weight excluding hydrogens is 466 g/mol. The molecule has 2 aromatic rings. The van der Waals surface area contributed by atoms with Gasteiger partial charge in [-0.05, 0) is 66.7 Å². The summed E-state index contributed by atoms with van der Waals surface area (Å²) < 4.78 is 12.5. The number of benzene rings is 2. The number of carbonyl (C=O) groups is 2. The second-order valence-electron chi connectivity index (χ2n) is 10.3. The number of carbonyl (C=O) groups excluding carboxylic acids is 2. The highest BCUT2D eigenvalue weighted by Gasteiger charge is 2.56. The Morgan fingerprint density at radius 3 is 2.65 bits per heavy atom. The first-order chi connectivity index (χ1) is 18.0. The van der Waals surface area contributed by atoms with Crippen LogP contribution in [0.2, 0.25) is 0 Å². The van der Waals surface area contributed by atoms with Crippen LogP contribution < -0.4 is 4.74 Å². The predicted octanol–water partition coefficient (Wildman–Crippen LogP) is 5.38. The molecule has 1 aliphatic carbocycles. The third kappa shape index (κ3) is 5.21. The predicted molar refractivity (Wildman–Crippen MR) is 142 cm³/mol. The van der Waals surface area contributed by atoms with Crippen molar-refractivity contribution in [1.82, 2.24) is 4.90 Å². The zero-order valence-electron chi connectivity index (χ0n) is 21.6. The molecule has 0 radical (unpaired) electrons. The maximum Gasteiger partial charge on any atom is 0.233 e. The molecule has 2 aromatic carbocycles. The van der Waals surface area contributed by atoms with Crippen molar-refractivity contribution < 1.29 is 24.2 Å². The van der Waals surface area contributed by atoms with Gasteiger partial charge in [0, 0.05) is 13.0 Å². The van der Waals surface area contributed by atoms with E-state index in [1.165, 1.54) is 16.0 Å². The Morgan fingerprint density at radius 1 is 1.08 bits per heavy atom. The number of allylic oxidation sites excluding steroid dienone is 1. The van der Waals surface area contributed by atoms with Crippen LogP contribution in [-0.2, 0) is 14.3 Å². The standard InChI is InChI=1S/C31H35NO5/c1-3-8-20(15-21-9-7-10-23(33)16-21)13-14-27-28-22(18-36-24-11-5-4-6-12-24)17-25-29(26(28)19-37-27)31(35)32(2)30(25)34/h4-7,9-12,15-16,25-27,29,33H,3,8,13-14,17-19H2,1-2H3/b20-15+/t25-,26+,27-,29-/m1/s1. The number of hydrogen-bond acceptors (Lipinski definition) is 5. The number of amides is 2. The lowest BCUT2D eigenvalue weighted by atomic mass is 9.69. The molecular formula is C31H35NO5. The van der Waals surface area contributed by atoms with E-state index in [1.807, 2.05) is 42.5 Å². The number of nitrogens with zero attached hydrogens (tertiary/aromatic N) is 1. The van der Waals surface area contributed by atoms with Crippen molar-refractivity contribution in [3.63, 3.8) is 0 Å². The molecule has 6 nitrogen and oxygen atoms in total. The highest BCUT2D eigenvalue weighted by Crippen LogP contribution is 2.49. The van der Waals surface area contributed by atoms with E-state index in [0.717, 1.165) is 42.6 Å². The minimum atomic E-state index is -0.337. The average Bonchev–Trinajstić information content (AvgIpc) is 3.42. The zero-order valence-corrected chi connectivity index (χ0v) is 21.6. The number of fused-ring (bicyclic) bond motifs is 3. The lowest BCUT2D eigenvalue weighted by Gasteiger charge is -2.32. The number of para-hydroxylation sites is 1. The van der Waals surface area contributed by atoms with Crippen molar-refractivity contribution in [2.45, 2.75) is 45.1 Å². The van der Waals surface area contributed by atoms with Gasteiger partial charge in [0.25, 0.3) is 0 Å². The summed E-state index contributed by atoms with van der Waals surface area (Å²) in [6, 6.07) is 17.0. The summed E-state index contributed by atoms with van der Waals surface area (Å²) in [5.74, 6) is 0.130. The molecule has 2 aliphatic heterocycles. The Labute approximate surface area is 218 Å².